The van der Waals surface area contributed by atoms with Gasteiger partial charge < -0.3 is 5.73 Å². The number of nitrogens with zero attached hydrogens (tertiary/aromatic N) is 1. The van der Waals surface area contributed by atoms with E-state index in [0.29, 0.717) is 5.13 Å². The number of nitrogens with two attached hydrogens (primary N) is 1. The molecule has 1 heterocycles. The van der Waals surface area contributed by atoms with Crippen LogP contribution in [-0.2, 0) is 5.41 Å². The van der Waals surface area contributed by atoms with E-state index in [1.165, 1.54) is 22.5 Å². The molecule has 3 heteroatoms. The lowest BCUT2D eigenvalue weighted by Gasteiger charge is -2.18. The third-order valence-corrected chi connectivity index (χ3v) is 3.46. The Hall–Kier alpha value is -1.61. The summed E-state index contributed by atoms with van der Waals surface area (Å²) in [5.41, 5.74) is 9.22. The SMILES string of the molecule is CC(C)(C)c1ccc(C=Cc2csc(N)n2)cc1. The monoisotopic (exact) mass is 258 g/mol. The van der Waals surface area contributed by atoms with Crippen LogP contribution in [0.4, 0.5) is 5.13 Å². The van der Waals surface area contributed by atoms with E-state index in [1.54, 1.807) is 0 Å². The van der Waals surface area contributed by atoms with Gasteiger partial charge in [0.2, 0.25) is 0 Å². The molecular weight excluding hydrogens is 240 g/mol. The van der Waals surface area contributed by atoms with Gasteiger partial charge in [-0.05, 0) is 22.6 Å². The summed E-state index contributed by atoms with van der Waals surface area (Å²) in [6.45, 7) is 6.65. The largest absolute Gasteiger partial charge is 0.375 e. The normalized spacial score (nSPS) is 12.2. The van der Waals surface area contributed by atoms with Crippen LogP contribution in [0.25, 0.3) is 12.2 Å². The molecule has 1 aromatic heterocycles. The quantitative estimate of drug-likeness (QED) is 0.877. The van der Waals surface area contributed by atoms with E-state index in [9.17, 15) is 0 Å². The van der Waals surface area contributed by atoms with Crippen molar-refractivity contribution in [2.75, 3.05) is 5.73 Å². The van der Waals surface area contributed by atoms with Crippen molar-refractivity contribution in [2.45, 2.75) is 26.2 Å². The standard InChI is InChI=1S/C15H18N2S/c1-15(2,3)12-7-4-11(5-8-12)6-9-13-10-18-14(16)17-13/h4-10H,1-3H3,(H2,16,17). The summed E-state index contributed by atoms with van der Waals surface area (Å²) in [6.07, 6.45) is 4.04. The van der Waals surface area contributed by atoms with Crippen LogP contribution in [0.2, 0.25) is 0 Å². The predicted octanol–water partition coefficient (Wildman–Crippen LogP) is 4.19. The van der Waals surface area contributed by atoms with Gasteiger partial charge in [0.15, 0.2) is 5.13 Å². The highest BCUT2D eigenvalue weighted by molar-refractivity contribution is 7.13. The zero-order chi connectivity index (χ0) is 13.2. The maximum absolute atomic E-state index is 5.59. The van der Waals surface area contributed by atoms with Gasteiger partial charge in [0.25, 0.3) is 0 Å². The van der Waals surface area contributed by atoms with E-state index in [-0.39, 0.29) is 5.41 Å². The van der Waals surface area contributed by atoms with Gasteiger partial charge >= 0.3 is 0 Å². The van der Waals surface area contributed by atoms with E-state index in [4.69, 9.17) is 5.73 Å². The smallest absolute Gasteiger partial charge is 0.180 e. The average Bonchev–Trinajstić information content (AvgIpc) is 2.72. The first-order valence-corrected chi connectivity index (χ1v) is 6.83. The van der Waals surface area contributed by atoms with Crippen LogP contribution in [0.5, 0.6) is 0 Å². The van der Waals surface area contributed by atoms with Crippen LogP contribution in [-0.4, -0.2) is 4.98 Å². The molecule has 0 aliphatic carbocycles. The van der Waals surface area contributed by atoms with Crippen LogP contribution in [0.3, 0.4) is 0 Å². The first-order chi connectivity index (χ1) is 8.45. The Balaban J connectivity index is 2.13. The number of benzene rings is 1. The van der Waals surface area contributed by atoms with Gasteiger partial charge in [-0.1, -0.05) is 51.1 Å². The third kappa shape index (κ3) is 3.20. The Bertz CT molecular complexity index is 545. The molecule has 2 aromatic rings. The lowest BCUT2D eigenvalue weighted by molar-refractivity contribution is 0.590. The maximum atomic E-state index is 5.59. The van der Waals surface area contributed by atoms with Crippen molar-refractivity contribution < 1.29 is 0 Å². The first kappa shape index (κ1) is 12.8. The summed E-state index contributed by atoms with van der Waals surface area (Å²) in [5, 5.41) is 2.56. The Labute approximate surface area is 112 Å². The van der Waals surface area contributed by atoms with Crippen LogP contribution in [0.1, 0.15) is 37.6 Å². The lowest BCUT2D eigenvalue weighted by atomic mass is 9.87. The zero-order valence-corrected chi connectivity index (χ0v) is 11.8. The molecule has 0 fully saturated rings. The molecule has 2 rings (SSSR count). The van der Waals surface area contributed by atoms with Gasteiger partial charge in [-0.25, -0.2) is 4.98 Å². The minimum Gasteiger partial charge on any atom is -0.375 e. The van der Waals surface area contributed by atoms with Gasteiger partial charge in [-0.3, -0.25) is 0 Å². The minimum absolute atomic E-state index is 0.200. The Morgan fingerprint density at radius 1 is 1.11 bits per heavy atom. The second-order valence-electron chi connectivity index (χ2n) is 5.32. The first-order valence-electron chi connectivity index (χ1n) is 5.95. The van der Waals surface area contributed by atoms with E-state index in [2.05, 4.69) is 56.1 Å². The highest BCUT2D eigenvalue weighted by Crippen LogP contribution is 2.22. The molecule has 2 N–H and O–H groups in total. The Morgan fingerprint density at radius 3 is 2.28 bits per heavy atom. The molecule has 0 atom stereocenters. The average molecular weight is 258 g/mol. The Kier molecular flexibility index (Phi) is 3.53. The fourth-order valence-corrected chi connectivity index (χ4v) is 2.18. The molecule has 2 nitrogen and oxygen atoms in total. The number of hydrogen-bond donors (Lipinski definition) is 1. The molecule has 1 aromatic carbocycles. The van der Waals surface area contributed by atoms with E-state index in [1.807, 2.05) is 11.5 Å². The van der Waals surface area contributed by atoms with Gasteiger partial charge in [0.05, 0.1) is 5.69 Å². The van der Waals surface area contributed by atoms with Crippen molar-refractivity contribution in [3.05, 3.63) is 46.5 Å². The van der Waals surface area contributed by atoms with Crippen molar-refractivity contribution in [3.63, 3.8) is 0 Å². The molecule has 0 bridgehead atoms. The molecule has 0 radical (unpaired) electrons. The second-order valence-corrected chi connectivity index (χ2v) is 6.21. The van der Waals surface area contributed by atoms with Crippen molar-refractivity contribution in [1.29, 1.82) is 0 Å². The fraction of sp³-hybridized carbons (Fsp3) is 0.267. The van der Waals surface area contributed by atoms with Crippen LogP contribution in [0.15, 0.2) is 29.6 Å². The summed E-state index contributed by atoms with van der Waals surface area (Å²) >= 11 is 1.46. The predicted molar refractivity (Wildman–Crippen MR) is 80.6 cm³/mol. The van der Waals surface area contributed by atoms with Crippen molar-refractivity contribution in [3.8, 4) is 0 Å². The third-order valence-electron chi connectivity index (χ3n) is 2.76. The van der Waals surface area contributed by atoms with Crippen LogP contribution in [0, 0.1) is 0 Å². The summed E-state index contributed by atoms with van der Waals surface area (Å²) in [7, 11) is 0. The molecular formula is C15H18N2S. The molecule has 18 heavy (non-hydrogen) atoms. The van der Waals surface area contributed by atoms with Crippen molar-refractivity contribution in [2.24, 2.45) is 0 Å². The molecule has 0 amide bonds. The van der Waals surface area contributed by atoms with Crippen LogP contribution >= 0.6 is 11.3 Å². The maximum Gasteiger partial charge on any atom is 0.180 e. The van der Waals surface area contributed by atoms with Gasteiger partial charge in [0.1, 0.15) is 0 Å². The molecule has 0 saturated carbocycles. The lowest BCUT2D eigenvalue weighted by Crippen LogP contribution is -2.10. The van der Waals surface area contributed by atoms with E-state index in [0.717, 1.165) is 5.69 Å². The second kappa shape index (κ2) is 4.94. The summed E-state index contributed by atoms with van der Waals surface area (Å²) in [4.78, 5) is 4.19. The Morgan fingerprint density at radius 2 is 1.78 bits per heavy atom. The molecule has 0 saturated heterocycles. The topological polar surface area (TPSA) is 38.9 Å². The van der Waals surface area contributed by atoms with Gasteiger partial charge in [0, 0.05) is 5.38 Å². The number of hydrogen-bond acceptors (Lipinski definition) is 3. The number of nitrogen functional groups attached to an aromatic ring is 1. The van der Waals surface area contributed by atoms with Crippen LogP contribution < -0.4 is 5.73 Å². The number of rotatable bonds is 2. The van der Waals surface area contributed by atoms with Gasteiger partial charge in [-0.2, -0.15) is 0 Å². The zero-order valence-electron chi connectivity index (χ0n) is 11.0. The number of thiazole rings is 1. The number of aromatic nitrogens is 1. The fourth-order valence-electron chi connectivity index (χ4n) is 1.65. The minimum atomic E-state index is 0.200. The molecule has 94 valence electrons. The molecule has 0 spiro atoms. The summed E-state index contributed by atoms with van der Waals surface area (Å²) < 4.78 is 0. The van der Waals surface area contributed by atoms with E-state index < -0.39 is 0 Å². The van der Waals surface area contributed by atoms with E-state index >= 15 is 0 Å². The van der Waals surface area contributed by atoms with Crippen molar-refractivity contribution in [1.82, 2.24) is 4.98 Å². The molecule has 0 aliphatic rings. The summed E-state index contributed by atoms with van der Waals surface area (Å²) in [6, 6.07) is 8.61. The molecule has 0 aliphatic heterocycles. The highest BCUT2D eigenvalue weighted by atomic mass is 32.1. The number of anilines is 1. The van der Waals surface area contributed by atoms with Gasteiger partial charge in [-0.15, -0.1) is 11.3 Å². The highest BCUT2D eigenvalue weighted by Gasteiger charge is 2.12. The molecule has 0 unspecified atom stereocenters. The summed E-state index contributed by atoms with van der Waals surface area (Å²) in [5.74, 6) is 0. The van der Waals surface area contributed by atoms with Crippen molar-refractivity contribution >= 4 is 28.6 Å².